The summed E-state index contributed by atoms with van der Waals surface area (Å²) >= 11 is 0. The molecule has 4 rings (SSSR count). The fourth-order valence-electron chi connectivity index (χ4n) is 3.56. The van der Waals surface area contributed by atoms with Gasteiger partial charge in [-0.2, -0.15) is 0 Å². The number of hydroxylamine groups is 1. The molecule has 1 aliphatic heterocycles. The highest BCUT2D eigenvalue weighted by molar-refractivity contribution is 6.07. The fourth-order valence-corrected chi connectivity index (χ4v) is 3.56. The highest BCUT2D eigenvalue weighted by Gasteiger charge is 2.46. The Kier molecular flexibility index (Phi) is 3.61. The van der Waals surface area contributed by atoms with Crippen molar-refractivity contribution in [3.05, 3.63) is 83.4 Å². The molecular formula is C20H15F2N2O2+. The van der Waals surface area contributed by atoms with Crippen LogP contribution in [0.5, 0.6) is 0 Å². The van der Waals surface area contributed by atoms with Crippen LogP contribution in [0.1, 0.15) is 15.9 Å². The van der Waals surface area contributed by atoms with Crippen molar-refractivity contribution < 1.29 is 18.8 Å². The van der Waals surface area contributed by atoms with Gasteiger partial charge in [-0.25, -0.2) is 14.0 Å². The van der Waals surface area contributed by atoms with E-state index in [2.05, 4.69) is 0 Å². The molecule has 3 aromatic carbocycles. The molecule has 0 spiro atoms. The van der Waals surface area contributed by atoms with E-state index in [-0.39, 0.29) is 17.7 Å². The van der Waals surface area contributed by atoms with E-state index in [0.717, 1.165) is 12.1 Å². The molecule has 0 fully saturated rings. The zero-order valence-corrected chi connectivity index (χ0v) is 13.6. The molecule has 0 saturated heterocycles. The third-order valence-corrected chi connectivity index (χ3v) is 4.73. The lowest BCUT2D eigenvalue weighted by atomic mass is 9.99. The molecule has 3 N–H and O–H groups in total. The maximum absolute atomic E-state index is 14.2. The minimum absolute atomic E-state index is 0.234. The quantitative estimate of drug-likeness (QED) is 0.691. The third kappa shape index (κ3) is 2.23. The van der Waals surface area contributed by atoms with Gasteiger partial charge in [-0.1, -0.05) is 24.3 Å². The van der Waals surface area contributed by atoms with Crippen molar-refractivity contribution in [1.29, 1.82) is 0 Å². The first-order valence-electron chi connectivity index (χ1n) is 8.00. The molecule has 3 aromatic rings. The molecule has 1 heterocycles. The number of nitrogens with two attached hydrogens (primary N) is 1. The Morgan fingerprint density at radius 1 is 0.923 bits per heavy atom. The largest absolute Gasteiger partial charge is 0.366 e. The van der Waals surface area contributed by atoms with Gasteiger partial charge in [0.25, 0.3) is 0 Å². The molecule has 26 heavy (non-hydrogen) atoms. The molecule has 1 unspecified atom stereocenters. The Labute approximate surface area is 148 Å². The van der Waals surface area contributed by atoms with Crippen LogP contribution in [-0.4, -0.2) is 11.1 Å². The Morgan fingerprint density at radius 3 is 2.23 bits per heavy atom. The molecule has 4 nitrogen and oxygen atoms in total. The van der Waals surface area contributed by atoms with Crippen LogP contribution in [0.15, 0.2) is 60.7 Å². The number of para-hydroxylation sites is 1. The summed E-state index contributed by atoms with van der Waals surface area (Å²) in [6.45, 7) is -0.356. The second-order valence-corrected chi connectivity index (χ2v) is 6.21. The van der Waals surface area contributed by atoms with E-state index in [1.54, 1.807) is 42.5 Å². The van der Waals surface area contributed by atoms with Gasteiger partial charge in [0.05, 0.1) is 22.3 Å². The van der Waals surface area contributed by atoms with Gasteiger partial charge in [0.1, 0.15) is 11.6 Å². The maximum Gasteiger partial charge on any atom is 0.249 e. The molecule has 6 heteroatoms. The van der Waals surface area contributed by atoms with Crippen LogP contribution in [0.25, 0.3) is 11.1 Å². The Morgan fingerprint density at radius 2 is 1.54 bits per heavy atom. The zero-order chi connectivity index (χ0) is 18.5. The molecule has 1 atom stereocenters. The summed E-state index contributed by atoms with van der Waals surface area (Å²) in [5.41, 5.74) is 7.37. The van der Waals surface area contributed by atoms with E-state index in [0.29, 0.717) is 22.5 Å². The molecule has 0 aromatic heterocycles. The van der Waals surface area contributed by atoms with E-state index in [1.807, 2.05) is 0 Å². The van der Waals surface area contributed by atoms with Crippen LogP contribution in [0.3, 0.4) is 0 Å². The summed E-state index contributed by atoms with van der Waals surface area (Å²) in [6.07, 6.45) is 0. The van der Waals surface area contributed by atoms with Gasteiger partial charge in [0.2, 0.25) is 5.91 Å². The standard InChI is InChI=1S/C20H14F2N2O2/c21-15-7-4-8-16(22)14(15)11-24(26)17-9-2-1-5-12(17)19-13(20(23)25)6-3-10-18(19)24/h1-10,26H,11H2,(H-,23,25)/p+1. The average molecular weight is 353 g/mol. The van der Waals surface area contributed by atoms with Crippen molar-refractivity contribution in [2.75, 3.05) is 0 Å². The minimum Gasteiger partial charge on any atom is -0.366 e. The van der Waals surface area contributed by atoms with Crippen LogP contribution in [-0.2, 0) is 6.54 Å². The van der Waals surface area contributed by atoms with Crippen molar-refractivity contribution in [1.82, 2.24) is 4.65 Å². The van der Waals surface area contributed by atoms with Crippen LogP contribution < -0.4 is 10.4 Å². The first-order valence-corrected chi connectivity index (χ1v) is 8.00. The number of amides is 1. The molecule has 0 radical (unpaired) electrons. The SMILES string of the molecule is NC(=O)c1cccc2c1-c1ccccc1[N+]2(O)Cc1c(F)cccc1F. The van der Waals surface area contributed by atoms with Gasteiger partial charge in [0, 0.05) is 12.1 Å². The van der Waals surface area contributed by atoms with Crippen LogP contribution in [0.2, 0.25) is 0 Å². The number of hydrogen-bond donors (Lipinski definition) is 2. The van der Waals surface area contributed by atoms with Gasteiger partial charge in [-0.05, 0) is 24.3 Å². The maximum atomic E-state index is 14.2. The van der Waals surface area contributed by atoms with Gasteiger partial charge in [-0.3, -0.25) is 4.79 Å². The number of carbonyl (C=O) groups excluding carboxylic acids is 1. The number of benzene rings is 3. The molecule has 0 saturated carbocycles. The van der Waals surface area contributed by atoms with Gasteiger partial charge >= 0.3 is 0 Å². The molecule has 0 bridgehead atoms. The molecule has 130 valence electrons. The van der Waals surface area contributed by atoms with Crippen molar-refractivity contribution >= 4 is 17.3 Å². The van der Waals surface area contributed by atoms with Crippen molar-refractivity contribution in [2.45, 2.75) is 6.54 Å². The smallest absolute Gasteiger partial charge is 0.249 e. The number of carbonyl (C=O) groups is 1. The molecule has 1 aliphatic rings. The second-order valence-electron chi connectivity index (χ2n) is 6.21. The lowest BCUT2D eigenvalue weighted by Gasteiger charge is -2.26. The average Bonchev–Trinajstić information content (AvgIpc) is 2.88. The number of halogens is 2. The first-order chi connectivity index (χ1) is 12.4. The highest BCUT2D eigenvalue weighted by atomic mass is 19.1. The van der Waals surface area contributed by atoms with Crippen LogP contribution in [0, 0.1) is 11.6 Å². The van der Waals surface area contributed by atoms with Crippen LogP contribution >= 0.6 is 0 Å². The van der Waals surface area contributed by atoms with Crippen molar-refractivity contribution in [3.63, 3.8) is 0 Å². The Bertz CT molecular complexity index is 1030. The predicted octanol–water partition coefficient (Wildman–Crippen LogP) is 4.27. The predicted molar refractivity (Wildman–Crippen MR) is 93.7 cm³/mol. The summed E-state index contributed by atoms with van der Waals surface area (Å²) in [7, 11) is 0. The topological polar surface area (TPSA) is 63.3 Å². The third-order valence-electron chi connectivity index (χ3n) is 4.73. The van der Waals surface area contributed by atoms with Crippen LogP contribution in [0.4, 0.5) is 20.2 Å². The lowest BCUT2D eigenvalue weighted by molar-refractivity contribution is -0.0294. The van der Waals surface area contributed by atoms with Gasteiger partial charge in [0.15, 0.2) is 17.9 Å². The van der Waals surface area contributed by atoms with E-state index >= 15 is 0 Å². The fraction of sp³-hybridized carbons (Fsp3) is 0.0500. The minimum atomic E-state index is -0.843. The summed E-state index contributed by atoms with van der Waals surface area (Å²) in [6, 6.07) is 15.2. The number of quaternary nitrogens is 1. The van der Waals surface area contributed by atoms with E-state index in [4.69, 9.17) is 5.73 Å². The number of primary amides is 1. The molecule has 1 amide bonds. The normalized spacial score (nSPS) is 17.7. The van der Waals surface area contributed by atoms with E-state index in [9.17, 15) is 18.8 Å². The monoisotopic (exact) mass is 353 g/mol. The Balaban J connectivity index is 1.99. The lowest BCUT2D eigenvalue weighted by Crippen LogP contribution is -2.38. The summed E-state index contributed by atoms with van der Waals surface area (Å²) < 4.78 is 27.6. The van der Waals surface area contributed by atoms with Crippen molar-refractivity contribution in [3.8, 4) is 11.1 Å². The second kappa shape index (κ2) is 5.72. The van der Waals surface area contributed by atoms with E-state index < -0.39 is 22.2 Å². The van der Waals surface area contributed by atoms with Gasteiger partial charge in [-0.15, -0.1) is 4.65 Å². The number of hydrogen-bond acceptors (Lipinski definition) is 2. The van der Waals surface area contributed by atoms with E-state index in [1.165, 1.54) is 6.07 Å². The summed E-state index contributed by atoms with van der Waals surface area (Å²) in [4.78, 5) is 11.9. The molecule has 0 aliphatic carbocycles. The summed E-state index contributed by atoms with van der Waals surface area (Å²) in [5, 5.41) is 11.5. The zero-order valence-electron chi connectivity index (χ0n) is 13.6. The number of nitrogens with zero attached hydrogens (tertiary/aromatic N) is 1. The number of rotatable bonds is 3. The van der Waals surface area contributed by atoms with Crippen molar-refractivity contribution in [2.24, 2.45) is 5.73 Å². The number of fused-ring (bicyclic) bond motifs is 3. The molecular weight excluding hydrogens is 338 g/mol. The summed E-state index contributed by atoms with van der Waals surface area (Å²) in [5.74, 6) is -2.12. The Hall–Kier alpha value is -3.09. The highest BCUT2D eigenvalue weighted by Crippen LogP contribution is 2.53. The van der Waals surface area contributed by atoms with Gasteiger partial charge < -0.3 is 5.73 Å². The first kappa shape index (κ1) is 16.4.